The highest BCUT2D eigenvalue weighted by molar-refractivity contribution is 6.02. The van der Waals surface area contributed by atoms with Crippen molar-refractivity contribution in [3.05, 3.63) is 89.9 Å². The van der Waals surface area contributed by atoms with Crippen LogP contribution in [0.3, 0.4) is 0 Å². The third-order valence-corrected chi connectivity index (χ3v) is 4.13. The number of ether oxygens (including phenoxy) is 1. The Morgan fingerprint density at radius 2 is 1.69 bits per heavy atom. The first-order valence-corrected chi connectivity index (χ1v) is 8.99. The van der Waals surface area contributed by atoms with E-state index in [1.165, 1.54) is 18.4 Å². The second-order valence-corrected chi connectivity index (χ2v) is 6.28. The van der Waals surface area contributed by atoms with E-state index in [-0.39, 0.29) is 24.0 Å². The predicted molar refractivity (Wildman–Crippen MR) is 106 cm³/mol. The lowest BCUT2D eigenvalue weighted by atomic mass is 10.1. The molecule has 0 saturated heterocycles. The van der Waals surface area contributed by atoms with Crippen LogP contribution in [0.5, 0.6) is 0 Å². The summed E-state index contributed by atoms with van der Waals surface area (Å²) in [6.07, 6.45) is 1.41. The highest BCUT2D eigenvalue weighted by Crippen LogP contribution is 2.13. The third kappa shape index (κ3) is 5.55. The number of benzene rings is 2. The molecule has 7 nitrogen and oxygen atoms in total. The van der Waals surface area contributed by atoms with Crippen LogP contribution >= 0.6 is 0 Å². The summed E-state index contributed by atoms with van der Waals surface area (Å²) in [5.74, 6) is -1.23. The highest BCUT2D eigenvalue weighted by atomic mass is 16.5. The van der Waals surface area contributed by atoms with Gasteiger partial charge in [0.15, 0.2) is 12.4 Å². The van der Waals surface area contributed by atoms with Crippen LogP contribution in [0.25, 0.3) is 0 Å². The maximum absolute atomic E-state index is 12.1. The largest absolute Gasteiger partial charge is 0.459 e. The molecule has 0 saturated carbocycles. The van der Waals surface area contributed by atoms with Crippen molar-refractivity contribution in [1.82, 2.24) is 5.32 Å². The van der Waals surface area contributed by atoms with Crippen molar-refractivity contribution in [1.29, 1.82) is 0 Å². The van der Waals surface area contributed by atoms with Crippen LogP contribution in [0.1, 0.15) is 39.4 Å². The number of nitrogens with one attached hydrogen (secondary N) is 2. The third-order valence-electron chi connectivity index (χ3n) is 4.13. The van der Waals surface area contributed by atoms with Gasteiger partial charge < -0.3 is 19.8 Å². The number of anilines is 1. The number of hydrogen-bond acceptors (Lipinski definition) is 5. The van der Waals surface area contributed by atoms with E-state index in [1.807, 2.05) is 37.3 Å². The predicted octanol–water partition coefficient (Wildman–Crippen LogP) is 3.57. The van der Waals surface area contributed by atoms with Gasteiger partial charge in [-0.1, -0.05) is 30.3 Å². The number of esters is 1. The van der Waals surface area contributed by atoms with Gasteiger partial charge in [0.1, 0.15) is 0 Å². The van der Waals surface area contributed by atoms with Gasteiger partial charge >= 0.3 is 5.97 Å². The van der Waals surface area contributed by atoms with Gasteiger partial charge in [-0.3, -0.25) is 9.59 Å². The van der Waals surface area contributed by atoms with Gasteiger partial charge in [0.2, 0.25) is 0 Å². The fraction of sp³-hybridized carbons (Fsp3) is 0.136. The summed E-state index contributed by atoms with van der Waals surface area (Å²) in [7, 11) is 0. The summed E-state index contributed by atoms with van der Waals surface area (Å²) in [6, 6.07) is 18.6. The molecule has 3 rings (SSSR count). The number of rotatable bonds is 7. The van der Waals surface area contributed by atoms with Gasteiger partial charge in [-0.2, -0.15) is 0 Å². The van der Waals surface area contributed by atoms with Crippen LogP contribution < -0.4 is 10.6 Å². The Bertz CT molecular complexity index is 966. The zero-order chi connectivity index (χ0) is 20.6. The summed E-state index contributed by atoms with van der Waals surface area (Å²) in [5.41, 5.74) is 1.72. The number of carbonyl (C=O) groups excluding carboxylic acids is 3. The molecule has 2 aromatic carbocycles. The fourth-order valence-electron chi connectivity index (χ4n) is 2.61. The molecule has 0 aliphatic rings. The summed E-state index contributed by atoms with van der Waals surface area (Å²) in [5, 5.41) is 5.42. The second kappa shape index (κ2) is 9.36. The average Bonchev–Trinajstić information content (AvgIpc) is 3.28. The maximum Gasteiger partial charge on any atom is 0.338 e. The molecule has 3 aromatic rings. The summed E-state index contributed by atoms with van der Waals surface area (Å²) in [6.45, 7) is 1.47. The zero-order valence-electron chi connectivity index (χ0n) is 15.8. The van der Waals surface area contributed by atoms with Gasteiger partial charge in [-0.05, 0) is 48.9 Å². The molecule has 29 heavy (non-hydrogen) atoms. The maximum atomic E-state index is 12.1. The van der Waals surface area contributed by atoms with E-state index in [0.717, 1.165) is 5.56 Å². The van der Waals surface area contributed by atoms with Crippen LogP contribution in [0, 0.1) is 0 Å². The molecule has 1 heterocycles. The van der Waals surface area contributed by atoms with Gasteiger partial charge in [0.25, 0.3) is 11.8 Å². The molecule has 2 N–H and O–H groups in total. The average molecular weight is 392 g/mol. The highest BCUT2D eigenvalue weighted by Gasteiger charge is 2.14. The molecule has 0 aliphatic carbocycles. The van der Waals surface area contributed by atoms with Gasteiger partial charge in [-0.25, -0.2) is 4.79 Å². The first-order valence-electron chi connectivity index (χ1n) is 8.99. The molecule has 7 heteroatoms. The lowest BCUT2D eigenvalue weighted by Gasteiger charge is -2.14. The number of hydrogen-bond donors (Lipinski definition) is 2. The molecule has 0 aliphatic heterocycles. The number of carbonyl (C=O) groups is 3. The number of furan rings is 1. The minimum atomic E-state index is -0.628. The van der Waals surface area contributed by atoms with Crippen molar-refractivity contribution in [2.45, 2.75) is 13.0 Å². The Labute approximate surface area is 167 Å². The first-order chi connectivity index (χ1) is 14.0. The SMILES string of the molecule is C[C@@H](NC(=O)COC(=O)c1ccc(NC(=O)c2ccco2)cc1)c1ccccc1. The summed E-state index contributed by atoms with van der Waals surface area (Å²) in [4.78, 5) is 36.0. The molecule has 1 atom stereocenters. The fourth-order valence-corrected chi connectivity index (χ4v) is 2.61. The van der Waals surface area contributed by atoms with Crippen molar-refractivity contribution >= 4 is 23.5 Å². The Kier molecular flexibility index (Phi) is 6.42. The van der Waals surface area contributed by atoms with Crippen LogP contribution in [0.4, 0.5) is 5.69 Å². The minimum Gasteiger partial charge on any atom is -0.459 e. The molecule has 0 unspecified atom stereocenters. The molecule has 0 radical (unpaired) electrons. The molecular formula is C22H20N2O5. The monoisotopic (exact) mass is 392 g/mol. The summed E-state index contributed by atoms with van der Waals surface area (Å²) < 4.78 is 10.1. The Balaban J connectivity index is 1.48. The van der Waals surface area contributed by atoms with Gasteiger partial charge in [0, 0.05) is 5.69 Å². The van der Waals surface area contributed by atoms with Crippen LogP contribution in [-0.2, 0) is 9.53 Å². The minimum absolute atomic E-state index is 0.184. The van der Waals surface area contributed by atoms with E-state index in [4.69, 9.17) is 9.15 Å². The molecule has 148 valence electrons. The summed E-state index contributed by atoms with van der Waals surface area (Å²) >= 11 is 0. The Morgan fingerprint density at radius 1 is 0.966 bits per heavy atom. The number of amides is 2. The standard InChI is InChI=1S/C22H20N2O5/c1-15(16-6-3-2-4-7-16)23-20(25)14-29-22(27)17-9-11-18(12-10-17)24-21(26)19-8-5-13-28-19/h2-13,15H,14H2,1H3,(H,23,25)(H,24,26)/t15-/m1/s1. The Morgan fingerprint density at radius 3 is 2.34 bits per heavy atom. The molecule has 0 fully saturated rings. The van der Waals surface area contributed by atoms with Crippen molar-refractivity contribution in [2.24, 2.45) is 0 Å². The van der Waals surface area contributed by atoms with E-state index in [1.54, 1.807) is 24.3 Å². The molecule has 2 amide bonds. The van der Waals surface area contributed by atoms with Crippen molar-refractivity contribution in [3.63, 3.8) is 0 Å². The van der Waals surface area contributed by atoms with E-state index in [0.29, 0.717) is 5.69 Å². The van der Waals surface area contributed by atoms with E-state index in [9.17, 15) is 14.4 Å². The van der Waals surface area contributed by atoms with E-state index < -0.39 is 17.8 Å². The van der Waals surface area contributed by atoms with Gasteiger partial charge in [0.05, 0.1) is 17.9 Å². The van der Waals surface area contributed by atoms with Crippen LogP contribution in [0.2, 0.25) is 0 Å². The quantitative estimate of drug-likeness (QED) is 0.599. The smallest absolute Gasteiger partial charge is 0.338 e. The van der Waals surface area contributed by atoms with Crippen LogP contribution in [0.15, 0.2) is 77.4 Å². The zero-order valence-corrected chi connectivity index (χ0v) is 15.8. The van der Waals surface area contributed by atoms with Crippen LogP contribution in [-0.4, -0.2) is 24.4 Å². The molecule has 1 aromatic heterocycles. The van der Waals surface area contributed by atoms with E-state index >= 15 is 0 Å². The van der Waals surface area contributed by atoms with Crippen molar-refractivity contribution in [3.8, 4) is 0 Å². The van der Waals surface area contributed by atoms with Crippen molar-refractivity contribution < 1.29 is 23.5 Å². The lowest BCUT2D eigenvalue weighted by Crippen LogP contribution is -2.31. The van der Waals surface area contributed by atoms with Crippen molar-refractivity contribution in [2.75, 3.05) is 11.9 Å². The topological polar surface area (TPSA) is 97.6 Å². The molecule has 0 spiro atoms. The molecule has 0 bridgehead atoms. The second-order valence-electron chi connectivity index (χ2n) is 6.28. The first kappa shape index (κ1) is 19.9. The lowest BCUT2D eigenvalue weighted by molar-refractivity contribution is -0.124. The molecular weight excluding hydrogens is 372 g/mol. The Hall–Kier alpha value is -3.87. The van der Waals surface area contributed by atoms with Gasteiger partial charge in [-0.15, -0.1) is 0 Å². The van der Waals surface area contributed by atoms with E-state index in [2.05, 4.69) is 10.6 Å². The normalized spacial score (nSPS) is 11.3.